The number of hydrogen-bond acceptors (Lipinski definition) is 6. The Hall–Kier alpha value is -4.28. The lowest BCUT2D eigenvalue weighted by Gasteiger charge is -2.33. The van der Waals surface area contributed by atoms with Crippen LogP contribution in [0.5, 0.6) is 5.75 Å². The first-order valence-corrected chi connectivity index (χ1v) is 14.8. The van der Waals surface area contributed by atoms with Crippen LogP contribution in [0.4, 0.5) is 4.39 Å². The average Bonchev–Trinajstić information content (AvgIpc) is 3.53. The number of hydrogen-bond donors (Lipinski definition) is 1. The molecule has 1 N–H and O–H groups in total. The van der Waals surface area contributed by atoms with Crippen molar-refractivity contribution in [3.05, 3.63) is 89.1 Å². The van der Waals surface area contributed by atoms with E-state index in [9.17, 15) is 14.3 Å². The van der Waals surface area contributed by atoms with Crippen LogP contribution in [-0.2, 0) is 31.5 Å². The smallest absolute Gasteiger partial charge is 0.335 e. The van der Waals surface area contributed by atoms with Crippen molar-refractivity contribution < 1.29 is 23.8 Å². The van der Waals surface area contributed by atoms with E-state index in [-0.39, 0.29) is 29.8 Å². The SMILES string of the molecule is Cn1ncc2cc(COc3cc(C4CCN(Cc5nc6ccc(C(=O)O)cc6n5C[C@@H]5CCO5)CC4)ccc3F)ccc21. The van der Waals surface area contributed by atoms with Gasteiger partial charge >= 0.3 is 5.97 Å². The zero-order valence-corrected chi connectivity index (χ0v) is 24.1. The monoisotopic (exact) mass is 583 g/mol. The second kappa shape index (κ2) is 11.4. The minimum atomic E-state index is -0.946. The zero-order valence-electron chi connectivity index (χ0n) is 24.1. The molecule has 2 saturated heterocycles. The molecule has 2 aliphatic heterocycles. The highest BCUT2D eigenvalue weighted by Gasteiger charge is 2.26. The second-order valence-corrected chi connectivity index (χ2v) is 11.6. The quantitative estimate of drug-likeness (QED) is 0.245. The highest BCUT2D eigenvalue weighted by molar-refractivity contribution is 5.92. The molecule has 9 nitrogen and oxygen atoms in total. The van der Waals surface area contributed by atoms with Crippen LogP contribution < -0.4 is 4.74 Å². The number of ether oxygens (including phenoxy) is 2. The number of piperidine rings is 1. The lowest BCUT2D eigenvalue weighted by Crippen LogP contribution is -2.35. The Morgan fingerprint density at radius 1 is 1.07 bits per heavy atom. The molecule has 0 amide bonds. The van der Waals surface area contributed by atoms with E-state index in [4.69, 9.17) is 14.5 Å². The normalized spacial score (nSPS) is 17.9. The Bertz CT molecular complexity index is 1800. The van der Waals surface area contributed by atoms with Crippen molar-refractivity contribution in [2.75, 3.05) is 19.7 Å². The molecule has 2 aromatic heterocycles. The van der Waals surface area contributed by atoms with Crippen molar-refractivity contribution in [2.45, 2.75) is 51.0 Å². The van der Waals surface area contributed by atoms with E-state index in [0.717, 1.165) is 77.8 Å². The van der Waals surface area contributed by atoms with Crippen molar-refractivity contribution >= 4 is 27.9 Å². The van der Waals surface area contributed by atoms with Gasteiger partial charge in [0.15, 0.2) is 11.6 Å². The van der Waals surface area contributed by atoms with Crippen LogP contribution in [0.2, 0.25) is 0 Å². The highest BCUT2D eigenvalue weighted by atomic mass is 19.1. The second-order valence-electron chi connectivity index (χ2n) is 11.6. The number of imidazole rings is 1. The fraction of sp³-hybridized carbons (Fsp3) is 0.364. The molecular formula is C33H34FN5O4. The molecule has 0 unspecified atom stereocenters. The third kappa shape index (κ3) is 5.60. The molecular weight excluding hydrogens is 549 g/mol. The van der Waals surface area contributed by atoms with Crippen LogP contribution in [0.3, 0.4) is 0 Å². The first-order chi connectivity index (χ1) is 20.9. The Morgan fingerprint density at radius 3 is 2.67 bits per heavy atom. The molecule has 2 fully saturated rings. The number of benzene rings is 3. The van der Waals surface area contributed by atoms with Crippen molar-refractivity contribution in [3.8, 4) is 5.75 Å². The van der Waals surface area contributed by atoms with Crippen molar-refractivity contribution in [1.82, 2.24) is 24.2 Å². The summed E-state index contributed by atoms with van der Waals surface area (Å²) in [7, 11) is 1.91. The number of rotatable bonds is 9. The molecule has 3 aromatic carbocycles. The first-order valence-electron chi connectivity index (χ1n) is 14.8. The summed E-state index contributed by atoms with van der Waals surface area (Å²) in [4.78, 5) is 18.9. The molecule has 2 aliphatic rings. The summed E-state index contributed by atoms with van der Waals surface area (Å²) >= 11 is 0. The molecule has 1 atom stereocenters. The Kier molecular flexibility index (Phi) is 7.32. The van der Waals surface area contributed by atoms with Gasteiger partial charge in [-0.1, -0.05) is 12.1 Å². The van der Waals surface area contributed by atoms with Gasteiger partial charge < -0.3 is 19.1 Å². The van der Waals surface area contributed by atoms with E-state index in [2.05, 4.69) is 14.6 Å². The number of aromatic carboxylic acids is 1. The molecule has 4 heterocycles. The summed E-state index contributed by atoms with van der Waals surface area (Å²) < 4.78 is 30.3. The highest BCUT2D eigenvalue weighted by Crippen LogP contribution is 2.33. The van der Waals surface area contributed by atoms with Gasteiger partial charge in [0.1, 0.15) is 12.4 Å². The maximum Gasteiger partial charge on any atom is 0.335 e. The van der Waals surface area contributed by atoms with Gasteiger partial charge in [-0.3, -0.25) is 9.58 Å². The largest absolute Gasteiger partial charge is 0.486 e. The lowest BCUT2D eigenvalue weighted by molar-refractivity contribution is -0.0592. The van der Waals surface area contributed by atoms with Gasteiger partial charge in [0.25, 0.3) is 0 Å². The van der Waals surface area contributed by atoms with Crippen molar-refractivity contribution in [1.29, 1.82) is 0 Å². The fourth-order valence-corrected chi connectivity index (χ4v) is 6.24. The summed E-state index contributed by atoms with van der Waals surface area (Å²) in [5, 5.41) is 14.8. The van der Waals surface area contributed by atoms with Crippen molar-refractivity contribution in [3.63, 3.8) is 0 Å². The maximum atomic E-state index is 14.7. The van der Waals surface area contributed by atoms with Gasteiger partial charge in [-0.15, -0.1) is 0 Å². The van der Waals surface area contributed by atoms with Crippen LogP contribution in [0.15, 0.2) is 60.8 Å². The Labute approximate surface area is 248 Å². The number of nitrogens with zero attached hydrogens (tertiary/aromatic N) is 5. The van der Waals surface area contributed by atoms with Crippen LogP contribution in [-0.4, -0.2) is 61.1 Å². The zero-order chi connectivity index (χ0) is 29.5. The van der Waals surface area contributed by atoms with E-state index in [1.54, 1.807) is 18.2 Å². The molecule has 7 rings (SSSR count). The Balaban J connectivity index is 1.02. The summed E-state index contributed by atoms with van der Waals surface area (Å²) in [5.74, 6) is 0.210. The molecule has 43 heavy (non-hydrogen) atoms. The van der Waals surface area contributed by atoms with Gasteiger partial charge in [0, 0.05) is 19.0 Å². The van der Waals surface area contributed by atoms with Gasteiger partial charge in [0.05, 0.1) is 47.5 Å². The predicted octanol–water partition coefficient (Wildman–Crippen LogP) is 5.51. The number of carboxylic acids is 1. The number of fused-ring (bicyclic) bond motifs is 2. The number of carboxylic acid groups (broad SMARTS) is 1. The molecule has 10 heteroatoms. The third-order valence-corrected chi connectivity index (χ3v) is 8.84. The van der Waals surface area contributed by atoms with Crippen LogP contribution in [0, 0.1) is 5.82 Å². The van der Waals surface area contributed by atoms with Crippen molar-refractivity contribution in [2.24, 2.45) is 7.05 Å². The number of likely N-dealkylation sites (tertiary alicyclic amines) is 1. The minimum absolute atomic E-state index is 0.128. The van der Waals surface area contributed by atoms with Crippen LogP contribution >= 0.6 is 0 Å². The lowest BCUT2D eigenvalue weighted by atomic mass is 9.89. The van der Waals surface area contributed by atoms with E-state index < -0.39 is 5.97 Å². The summed E-state index contributed by atoms with van der Waals surface area (Å²) in [5.41, 5.74) is 4.99. The average molecular weight is 584 g/mol. The number of aromatic nitrogens is 4. The summed E-state index contributed by atoms with van der Waals surface area (Å²) in [6.07, 6.45) is 4.82. The van der Waals surface area contributed by atoms with E-state index >= 15 is 0 Å². The molecule has 0 radical (unpaired) electrons. The van der Waals surface area contributed by atoms with E-state index in [0.29, 0.717) is 19.0 Å². The van der Waals surface area contributed by atoms with E-state index in [1.165, 1.54) is 6.07 Å². The minimum Gasteiger partial charge on any atom is -0.486 e. The van der Waals surface area contributed by atoms with Crippen LogP contribution in [0.1, 0.15) is 52.5 Å². The van der Waals surface area contributed by atoms with Crippen LogP contribution in [0.25, 0.3) is 21.9 Å². The van der Waals surface area contributed by atoms with Gasteiger partial charge in [-0.05, 0) is 91.9 Å². The van der Waals surface area contributed by atoms with Gasteiger partial charge in [0.2, 0.25) is 0 Å². The third-order valence-electron chi connectivity index (χ3n) is 8.84. The Morgan fingerprint density at radius 2 is 1.91 bits per heavy atom. The number of carbonyl (C=O) groups is 1. The fourth-order valence-electron chi connectivity index (χ4n) is 6.24. The molecule has 5 aromatic rings. The molecule has 0 bridgehead atoms. The molecule has 0 aliphatic carbocycles. The topological polar surface area (TPSA) is 94.6 Å². The first kappa shape index (κ1) is 27.5. The predicted molar refractivity (Wildman–Crippen MR) is 160 cm³/mol. The number of aryl methyl sites for hydroxylation is 1. The van der Waals surface area contributed by atoms with E-state index in [1.807, 2.05) is 48.3 Å². The van der Waals surface area contributed by atoms with Gasteiger partial charge in [-0.25, -0.2) is 14.2 Å². The molecule has 0 spiro atoms. The molecule has 222 valence electrons. The summed E-state index contributed by atoms with van der Waals surface area (Å²) in [6.45, 7) is 4.15. The standard InChI is InChI=1S/C33H34FN5O4/c1-37-29-7-2-21(14-25(29)17-35-37)20-43-31-16-23(3-5-27(31)34)22-8-11-38(12-9-22)19-32-36-28-6-4-24(33(40)41)15-30(28)39(32)18-26-10-13-42-26/h2-7,14-17,22,26H,8-13,18-20H2,1H3,(H,40,41)/t26-/m0/s1. The maximum absolute atomic E-state index is 14.7. The van der Waals surface area contributed by atoms with Gasteiger partial charge in [-0.2, -0.15) is 5.10 Å². The molecule has 0 saturated carbocycles. The number of halogens is 1. The summed E-state index contributed by atoms with van der Waals surface area (Å²) in [6, 6.07) is 16.4.